The van der Waals surface area contributed by atoms with Gasteiger partial charge in [-0.15, -0.1) is 0 Å². The van der Waals surface area contributed by atoms with Crippen molar-refractivity contribution in [3.05, 3.63) is 57.8 Å². The summed E-state index contributed by atoms with van der Waals surface area (Å²) in [5.41, 5.74) is 1.01. The fourth-order valence-corrected chi connectivity index (χ4v) is 1.81. The first-order valence-corrected chi connectivity index (χ1v) is 5.78. The number of rotatable bonds is 2. The molecule has 0 aliphatic heterocycles. The molecule has 0 bridgehead atoms. The third-order valence-electron chi connectivity index (χ3n) is 2.32. The summed E-state index contributed by atoms with van der Waals surface area (Å²) in [5, 5.41) is 12.2. The van der Waals surface area contributed by atoms with Crippen molar-refractivity contribution in [3.63, 3.8) is 0 Å². The molecule has 0 amide bonds. The van der Waals surface area contributed by atoms with E-state index in [1.54, 1.807) is 24.3 Å². The van der Waals surface area contributed by atoms with E-state index in [1.165, 1.54) is 12.1 Å². The molecular formula is C13H7Cl2FN2. The molecule has 2 rings (SSSR count). The van der Waals surface area contributed by atoms with Crippen LogP contribution >= 0.6 is 23.2 Å². The van der Waals surface area contributed by atoms with E-state index >= 15 is 0 Å². The lowest BCUT2D eigenvalue weighted by molar-refractivity contribution is 0.632. The van der Waals surface area contributed by atoms with Gasteiger partial charge in [-0.3, -0.25) is 0 Å². The molecule has 0 unspecified atom stereocenters. The second-order valence-corrected chi connectivity index (χ2v) is 4.37. The lowest BCUT2D eigenvalue weighted by Crippen LogP contribution is -1.96. The lowest BCUT2D eigenvalue weighted by Gasteiger charge is -2.10. The molecule has 0 atom stereocenters. The minimum absolute atomic E-state index is 0.0144. The Labute approximate surface area is 114 Å². The zero-order valence-corrected chi connectivity index (χ0v) is 10.6. The summed E-state index contributed by atoms with van der Waals surface area (Å²) < 4.78 is 13.7. The number of nitrogens with zero attached hydrogens (tertiary/aromatic N) is 1. The SMILES string of the molecule is N#Cc1ccc(Cl)cc1Nc1cccc(Cl)c1F. The highest BCUT2D eigenvalue weighted by molar-refractivity contribution is 6.31. The first-order chi connectivity index (χ1) is 8.61. The van der Waals surface area contributed by atoms with Crippen molar-refractivity contribution in [2.24, 2.45) is 0 Å². The molecule has 90 valence electrons. The van der Waals surface area contributed by atoms with Gasteiger partial charge in [0.1, 0.15) is 6.07 Å². The molecule has 18 heavy (non-hydrogen) atoms. The number of hydrogen-bond acceptors (Lipinski definition) is 2. The summed E-state index contributed by atoms with van der Waals surface area (Å²) in [7, 11) is 0. The first-order valence-electron chi connectivity index (χ1n) is 5.02. The monoisotopic (exact) mass is 280 g/mol. The molecule has 2 aromatic carbocycles. The van der Waals surface area contributed by atoms with E-state index in [-0.39, 0.29) is 10.7 Å². The Morgan fingerprint density at radius 3 is 2.61 bits per heavy atom. The second-order valence-electron chi connectivity index (χ2n) is 3.53. The summed E-state index contributed by atoms with van der Waals surface area (Å²) in [6, 6.07) is 11.3. The van der Waals surface area contributed by atoms with Crippen LogP contribution in [-0.2, 0) is 0 Å². The average molecular weight is 281 g/mol. The number of nitrogens with one attached hydrogen (secondary N) is 1. The molecule has 0 saturated heterocycles. The summed E-state index contributed by atoms with van der Waals surface area (Å²) >= 11 is 11.5. The van der Waals surface area contributed by atoms with Crippen molar-refractivity contribution in [2.45, 2.75) is 0 Å². The fraction of sp³-hybridized carbons (Fsp3) is 0. The Morgan fingerprint density at radius 2 is 1.89 bits per heavy atom. The van der Waals surface area contributed by atoms with Gasteiger partial charge in [0.2, 0.25) is 0 Å². The molecule has 1 N–H and O–H groups in total. The average Bonchev–Trinajstić information content (AvgIpc) is 2.35. The molecule has 0 aliphatic rings. The lowest BCUT2D eigenvalue weighted by atomic mass is 10.2. The van der Waals surface area contributed by atoms with E-state index in [4.69, 9.17) is 28.5 Å². The number of benzene rings is 2. The Bertz CT molecular complexity index is 635. The Morgan fingerprint density at radius 1 is 1.11 bits per heavy atom. The van der Waals surface area contributed by atoms with Crippen molar-refractivity contribution >= 4 is 34.6 Å². The molecule has 2 nitrogen and oxygen atoms in total. The van der Waals surface area contributed by atoms with Gasteiger partial charge in [-0.25, -0.2) is 4.39 Å². The standard InChI is InChI=1S/C13H7Cl2FN2/c14-9-5-4-8(7-17)12(6-9)18-11-3-1-2-10(15)13(11)16/h1-6,18H. The topological polar surface area (TPSA) is 35.8 Å². The molecule has 0 aromatic heterocycles. The van der Waals surface area contributed by atoms with Crippen LogP contribution in [0.5, 0.6) is 0 Å². The number of halogens is 3. The molecular weight excluding hydrogens is 274 g/mol. The molecule has 0 fully saturated rings. The smallest absolute Gasteiger partial charge is 0.165 e. The van der Waals surface area contributed by atoms with Gasteiger partial charge in [0.05, 0.1) is 22.0 Å². The maximum Gasteiger partial charge on any atom is 0.165 e. The van der Waals surface area contributed by atoms with Crippen molar-refractivity contribution in [3.8, 4) is 6.07 Å². The van der Waals surface area contributed by atoms with Crippen LogP contribution in [0, 0.1) is 17.1 Å². The van der Waals surface area contributed by atoms with Crippen molar-refractivity contribution in [1.82, 2.24) is 0 Å². The van der Waals surface area contributed by atoms with Gasteiger partial charge < -0.3 is 5.32 Å². The Hall–Kier alpha value is -1.76. The van der Waals surface area contributed by atoms with E-state index in [0.717, 1.165) is 0 Å². The molecule has 0 spiro atoms. The van der Waals surface area contributed by atoms with Crippen LogP contribution in [0.1, 0.15) is 5.56 Å². The zero-order chi connectivity index (χ0) is 13.1. The van der Waals surface area contributed by atoms with Crippen LogP contribution in [0.25, 0.3) is 0 Å². The van der Waals surface area contributed by atoms with Crippen LogP contribution in [0.15, 0.2) is 36.4 Å². The predicted molar refractivity (Wildman–Crippen MR) is 70.9 cm³/mol. The summed E-state index contributed by atoms with van der Waals surface area (Å²) in [5.74, 6) is -0.567. The van der Waals surface area contributed by atoms with E-state index in [0.29, 0.717) is 16.3 Å². The summed E-state index contributed by atoms with van der Waals surface area (Å²) in [4.78, 5) is 0. The highest BCUT2D eigenvalue weighted by atomic mass is 35.5. The summed E-state index contributed by atoms with van der Waals surface area (Å²) in [6.07, 6.45) is 0. The highest BCUT2D eigenvalue weighted by Gasteiger charge is 2.09. The van der Waals surface area contributed by atoms with Gasteiger partial charge in [0.25, 0.3) is 0 Å². The van der Waals surface area contributed by atoms with Crippen molar-refractivity contribution in [1.29, 1.82) is 5.26 Å². The van der Waals surface area contributed by atoms with Crippen LogP contribution < -0.4 is 5.32 Å². The summed E-state index contributed by atoms with van der Waals surface area (Å²) in [6.45, 7) is 0. The van der Waals surface area contributed by atoms with Crippen LogP contribution in [0.3, 0.4) is 0 Å². The van der Waals surface area contributed by atoms with Gasteiger partial charge in [0.15, 0.2) is 5.82 Å². The van der Waals surface area contributed by atoms with E-state index < -0.39 is 5.82 Å². The van der Waals surface area contributed by atoms with Crippen LogP contribution in [0.4, 0.5) is 15.8 Å². The minimum atomic E-state index is -0.567. The minimum Gasteiger partial charge on any atom is -0.352 e. The maximum absolute atomic E-state index is 13.7. The third kappa shape index (κ3) is 2.56. The number of anilines is 2. The molecule has 0 radical (unpaired) electrons. The fourth-order valence-electron chi connectivity index (χ4n) is 1.46. The van der Waals surface area contributed by atoms with E-state index in [1.807, 2.05) is 6.07 Å². The van der Waals surface area contributed by atoms with Crippen LogP contribution in [0.2, 0.25) is 10.0 Å². The Balaban J connectivity index is 2.43. The zero-order valence-electron chi connectivity index (χ0n) is 9.05. The largest absolute Gasteiger partial charge is 0.352 e. The van der Waals surface area contributed by atoms with E-state index in [2.05, 4.69) is 5.32 Å². The third-order valence-corrected chi connectivity index (χ3v) is 2.85. The molecule has 5 heteroatoms. The number of nitriles is 1. The second kappa shape index (κ2) is 5.26. The van der Waals surface area contributed by atoms with Crippen LogP contribution in [-0.4, -0.2) is 0 Å². The normalized spacial score (nSPS) is 9.89. The molecule has 0 aliphatic carbocycles. The van der Waals surface area contributed by atoms with Gasteiger partial charge in [-0.05, 0) is 30.3 Å². The maximum atomic E-state index is 13.7. The van der Waals surface area contributed by atoms with Gasteiger partial charge >= 0.3 is 0 Å². The van der Waals surface area contributed by atoms with Gasteiger partial charge in [0, 0.05) is 5.02 Å². The highest BCUT2D eigenvalue weighted by Crippen LogP contribution is 2.28. The van der Waals surface area contributed by atoms with Gasteiger partial charge in [-0.2, -0.15) is 5.26 Å². The number of hydrogen-bond donors (Lipinski definition) is 1. The molecule has 0 saturated carbocycles. The van der Waals surface area contributed by atoms with Gasteiger partial charge in [-0.1, -0.05) is 29.3 Å². The Kier molecular flexibility index (Phi) is 3.71. The van der Waals surface area contributed by atoms with E-state index in [9.17, 15) is 4.39 Å². The van der Waals surface area contributed by atoms with Crippen molar-refractivity contribution in [2.75, 3.05) is 5.32 Å². The molecule has 2 aromatic rings. The first kappa shape index (κ1) is 12.7. The van der Waals surface area contributed by atoms with Crippen molar-refractivity contribution < 1.29 is 4.39 Å². The molecule has 0 heterocycles. The predicted octanol–water partition coefficient (Wildman–Crippen LogP) is 4.75. The quantitative estimate of drug-likeness (QED) is 0.862.